The van der Waals surface area contributed by atoms with Gasteiger partial charge in [-0.3, -0.25) is 4.90 Å². The zero-order chi connectivity index (χ0) is 23.9. The minimum Gasteiger partial charge on any atom is -0.497 e. The predicted octanol–water partition coefficient (Wildman–Crippen LogP) is 4.59. The van der Waals surface area contributed by atoms with Gasteiger partial charge >= 0.3 is 0 Å². The molecule has 0 unspecified atom stereocenters. The van der Waals surface area contributed by atoms with Crippen LogP contribution in [0.3, 0.4) is 0 Å². The van der Waals surface area contributed by atoms with Crippen molar-refractivity contribution in [3.63, 3.8) is 0 Å². The predicted molar refractivity (Wildman–Crippen MR) is 131 cm³/mol. The van der Waals surface area contributed by atoms with E-state index < -0.39 is 0 Å². The van der Waals surface area contributed by atoms with Crippen molar-refractivity contribution < 1.29 is 18.9 Å². The van der Waals surface area contributed by atoms with E-state index in [0.717, 1.165) is 60.2 Å². The van der Waals surface area contributed by atoms with Crippen molar-refractivity contribution in [3.05, 3.63) is 59.4 Å². The fourth-order valence-electron chi connectivity index (χ4n) is 4.05. The molecule has 0 saturated heterocycles. The van der Waals surface area contributed by atoms with Gasteiger partial charge in [0.25, 0.3) is 0 Å². The summed E-state index contributed by atoms with van der Waals surface area (Å²) in [5.41, 5.74) is 4.17. The van der Waals surface area contributed by atoms with Gasteiger partial charge in [0.1, 0.15) is 11.5 Å². The number of methoxy groups -OCH3 is 2. The average molecular weight is 465 g/mol. The number of fused-ring (bicyclic) bond motifs is 1. The van der Waals surface area contributed by atoms with Gasteiger partial charge in [0.15, 0.2) is 11.5 Å². The molecule has 0 fully saturated rings. The van der Waals surface area contributed by atoms with Crippen LogP contribution in [-0.4, -0.2) is 48.8 Å². The van der Waals surface area contributed by atoms with Crippen molar-refractivity contribution in [1.29, 1.82) is 0 Å². The number of anilines is 2. The summed E-state index contributed by atoms with van der Waals surface area (Å²) in [6.45, 7) is 7.73. The summed E-state index contributed by atoms with van der Waals surface area (Å²) < 4.78 is 22.2. The molecule has 0 radical (unpaired) electrons. The summed E-state index contributed by atoms with van der Waals surface area (Å²) in [6.07, 6.45) is 2.77. The van der Waals surface area contributed by atoms with Gasteiger partial charge in [0.05, 0.1) is 38.8 Å². The largest absolute Gasteiger partial charge is 0.497 e. The first kappa shape index (κ1) is 23.6. The summed E-state index contributed by atoms with van der Waals surface area (Å²) in [6, 6.07) is 11.8. The third-order valence-electron chi connectivity index (χ3n) is 5.68. The molecule has 3 aromatic rings. The first-order chi connectivity index (χ1) is 16.6. The molecule has 8 nitrogen and oxygen atoms in total. The molecule has 1 aromatic heterocycles. The van der Waals surface area contributed by atoms with Gasteiger partial charge in [0.2, 0.25) is 5.95 Å². The monoisotopic (exact) mass is 464 g/mol. The highest BCUT2D eigenvalue weighted by Gasteiger charge is 2.20. The van der Waals surface area contributed by atoms with E-state index in [1.54, 1.807) is 14.2 Å². The summed E-state index contributed by atoms with van der Waals surface area (Å²) in [5, 5.41) is 3.27. The van der Waals surface area contributed by atoms with Crippen molar-refractivity contribution in [1.82, 2.24) is 14.9 Å². The standard InChI is InChI=1S/C26H32N4O4/c1-5-33-24-9-7-18(13-25(24)34-6-2)16-30-12-11-21-19(17-30)15-27-26(28-21)29-22-14-20(31-3)8-10-23(22)32-4/h7-10,13-15H,5-6,11-12,16-17H2,1-4H3,(H,27,28,29). The molecule has 180 valence electrons. The SMILES string of the molecule is CCOc1ccc(CN2CCc3nc(Nc4cc(OC)ccc4OC)ncc3C2)cc1OCC. The molecule has 0 amide bonds. The van der Waals surface area contributed by atoms with E-state index in [-0.39, 0.29) is 0 Å². The van der Waals surface area contributed by atoms with Crippen LogP contribution >= 0.6 is 0 Å². The third-order valence-corrected chi connectivity index (χ3v) is 5.68. The fourth-order valence-corrected chi connectivity index (χ4v) is 4.05. The molecule has 1 N–H and O–H groups in total. The van der Waals surface area contributed by atoms with E-state index >= 15 is 0 Å². The molecule has 2 aromatic carbocycles. The lowest BCUT2D eigenvalue weighted by atomic mass is 10.1. The molecular formula is C26H32N4O4. The zero-order valence-electron chi connectivity index (χ0n) is 20.3. The van der Waals surface area contributed by atoms with Crippen LogP contribution in [0.15, 0.2) is 42.6 Å². The molecule has 1 aliphatic heterocycles. The van der Waals surface area contributed by atoms with Crippen LogP contribution in [0.1, 0.15) is 30.7 Å². The van der Waals surface area contributed by atoms with Crippen LogP contribution < -0.4 is 24.3 Å². The molecule has 0 atom stereocenters. The quantitative estimate of drug-likeness (QED) is 0.467. The van der Waals surface area contributed by atoms with Crippen molar-refractivity contribution in [2.24, 2.45) is 0 Å². The second-order valence-electron chi connectivity index (χ2n) is 7.96. The molecule has 0 aliphatic carbocycles. The first-order valence-corrected chi connectivity index (χ1v) is 11.6. The number of hydrogen-bond acceptors (Lipinski definition) is 8. The highest BCUT2D eigenvalue weighted by atomic mass is 16.5. The van der Waals surface area contributed by atoms with Crippen LogP contribution in [0.5, 0.6) is 23.0 Å². The molecule has 8 heteroatoms. The van der Waals surface area contributed by atoms with Crippen LogP contribution in [0.25, 0.3) is 0 Å². The van der Waals surface area contributed by atoms with Crippen LogP contribution in [0.4, 0.5) is 11.6 Å². The highest BCUT2D eigenvalue weighted by molar-refractivity contribution is 5.65. The van der Waals surface area contributed by atoms with E-state index in [4.69, 9.17) is 23.9 Å². The van der Waals surface area contributed by atoms with Crippen molar-refractivity contribution in [2.45, 2.75) is 33.4 Å². The molecule has 0 bridgehead atoms. The maximum Gasteiger partial charge on any atom is 0.227 e. The van der Waals surface area contributed by atoms with E-state index in [1.807, 2.05) is 44.3 Å². The van der Waals surface area contributed by atoms with Crippen LogP contribution in [-0.2, 0) is 19.5 Å². The van der Waals surface area contributed by atoms with E-state index in [2.05, 4.69) is 27.3 Å². The molecular weight excluding hydrogens is 432 g/mol. The number of nitrogens with zero attached hydrogens (tertiary/aromatic N) is 3. The lowest BCUT2D eigenvalue weighted by molar-refractivity contribution is 0.241. The molecule has 4 rings (SSSR count). The number of nitrogens with one attached hydrogen (secondary N) is 1. The molecule has 0 saturated carbocycles. The first-order valence-electron chi connectivity index (χ1n) is 11.6. The van der Waals surface area contributed by atoms with Gasteiger partial charge < -0.3 is 24.3 Å². The fraction of sp³-hybridized carbons (Fsp3) is 0.385. The van der Waals surface area contributed by atoms with Crippen molar-refractivity contribution >= 4 is 11.6 Å². The van der Waals surface area contributed by atoms with Crippen LogP contribution in [0.2, 0.25) is 0 Å². The van der Waals surface area contributed by atoms with Gasteiger partial charge in [-0.25, -0.2) is 9.97 Å². The minimum absolute atomic E-state index is 0.548. The Labute approximate surface area is 200 Å². The van der Waals surface area contributed by atoms with Crippen molar-refractivity contribution in [3.8, 4) is 23.0 Å². The Hall–Kier alpha value is -3.52. The molecule has 1 aliphatic rings. The highest BCUT2D eigenvalue weighted by Crippen LogP contribution is 2.32. The third kappa shape index (κ3) is 5.51. The number of aromatic nitrogens is 2. The molecule has 0 spiro atoms. The van der Waals surface area contributed by atoms with Gasteiger partial charge in [-0.05, 0) is 43.7 Å². The average Bonchev–Trinajstić information content (AvgIpc) is 2.86. The Balaban J connectivity index is 1.45. The summed E-state index contributed by atoms with van der Waals surface area (Å²) >= 11 is 0. The Kier molecular flexibility index (Phi) is 7.69. The maximum atomic E-state index is 5.78. The Morgan fingerprint density at radius 2 is 1.74 bits per heavy atom. The van der Waals surface area contributed by atoms with Crippen molar-refractivity contribution in [2.75, 3.05) is 39.3 Å². The van der Waals surface area contributed by atoms with Gasteiger partial charge in [-0.2, -0.15) is 0 Å². The maximum absolute atomic E-state index is 5.78. The summed E-state index contributed by atoms with van der Waals surface area (Å²) in [5.74, 6) is 3.57. The smallest absolute Gasteiger partial charge is 0.227 e. The normalized spacial score (nSPS) is 13.2. The van der Waals surface area contributed by atoms with E-state index in [0.29, 0.717) is 24.9 Å². The lowest BCUT2D eigenvalue weighted by Crippen LogP contribution is -2.31. The zero-order valence-corrected chi connectivity index (χ0v) is 20.3. The second-order valence-corrected chi connectivity index (χ2v) is 7.96. The van der Waals surface area contributed by atoms with Crippen LogP contribution in [0, 0.1) is 0 Å². The molecule has 34 heavy (non-hydrogen) atoms. The molecule has 2 heterocycles. The number of hydrogen-bond donors (Lipinski definition) is 1. The van der Waals surface area contributed by atoms with E-state index in [9.17, 15) is 0 Å². The van der Waals surface area contributed by atoms with Gasteiger partial charge in [-0.1, -0.05) is 6.07 Å². The Morgan fingerprint density at radius 3 is 2.50 bits per heavy atom. The lowest BCUT2D eigenvalue weighted by Gasteiger charge is -2.28. The topological polar surface area (TPSA) is 78.0 Å². The summed E-state index contributed by atoms with van der Waals surface area (Å²) in [4.78, 5) is 11.7. The number of rotatable bonds is 10. The Morgan fingerprint density at radius 1 is 0.941 bits per heavy atom. The van der Waals surface area contributed by atoms with Gasteiger partial charge in [-0.15, -0.1) is 0 Å². The summed E-state index contributed by atoms with van der Waals surface area (Å²) in [7, 11) is 3.27. The Bertz CT molecular complexity index is 1120. The minimum atomic E-state index is 0.548. The second kappa shape index (κ2) is 11.1. The number of ether oxygens (including phenoxy) is 4. The van der Waals surface area contributed by atoms with E-state index in [1.165, 1.54) is 5.56 Å². The van der Waals surface area contributed by atoms with Gasteiger partial charge in [0, 0.05) is 43.9 Å². The number of benzene rings is 2.